The Kier molecular flexibility index (Phi) is 5.91. The fraction of sp³-hybridized carbons (Fsp3) is 0.833. The van der Waals surface area contributed by atoms with E-state index in [0.29, 0.717) is 6.54 Å². The van der Waals surface area contributed by atoms with E-state index in [1.807, 2.05) is 6.92 Å². The molecule has 6 heteroatoms. The first-order valence-electron chi connectivity index (χ1n) is 6.36. The summed E-state index contributed by atoms with van der Waals surface area (Å²) in [6, 6.07) is -0.198. The van der Waals surface area contributed by atoms with E-state index in [9.17, 15) is 9.59 Å². The third-order valence-electron chi connectivity index (χ3n) is 3.15. The van der Waals surface area contributed by atoms with Crippen molar-refractivity contribution >= 4 is 12.0 Å². The second-order valence-corrected chi connectivity index (χ2v) is 4.63. The van der Waals surface area contributed by atoms with Gasteiger partial charge in [0.05, 0.1) is 6.10 Å². The number of hydrogen-bond acceptors (Lipinski definition) is 3. The summed E-state index contributed by atoms with van der Waals surface area (Å²) in [5.41, 5.74) is 0. The first-order chi connectivity index (χ1) is 8.56. The van der Waals surface area contributed by atoms with Gasteiger partial charge >= 0.3 is 12.0 Å². The number of urea groups is 1. The highest BCUT2D eigenvalue weighted by Gasteiger charge is 2.27. The van der Waals surface area contributed by atoms with E-state index in [1.165, 1.54) is 4.90 Å². The fourth-order valence-corrected chi connectivity index (χ4v) is 2.24. The lowest BCUT2D eigenvalue weighted by atomic mass is 10.2. The quantitative estimate of drug-likeness (QED) is 0.746. The van der Waals surface area contributed by atoms with Gasteiger partial charge in [-0.05, 0) is 25.7 Å². The zero-order valence-electron chi connectivity index (χ0n) is 11.0. The van der Waals surface area contributed by atoms with Crippen LogP contribution in [0.15, 0.2) is 0 Å². The minimum Gasteiger partial charge on any atom is -0.480 e. The Balaban J connectivity index is 2.43. The fourth-order valence-electron chi connectivity index (χ4n) is 2.24. The number of ether oxygens (including phenoxy) is 1. The molecule has 1 aliphatic carbocycles. The summed E-state index contributed by atoms with van der Waals surface area (Å²) in [7, 11) is 1.67. The van der Waals surface area contributed by atoms with E-state index >= 15 is 0 Å². The van der Waals surface area contributed by atoms with Gasteiger partial charge in [0.25, 0.3) is 0 Å². The molecule has 2 N–H and O–H groups in total. The van der Waals surface area contributed by atoms with E-state index in [-0.39, 0.29) is 24.7 Å². The molecule has 2 unspecified atom stereocenters. The van der Waals surface area contributed by atoms with Crippen LogP contribution in [-0.2, 0) is 9.53 Å². The number of carbonyl (C=O) groups excluding carboxylic acids is 1. The molecule has 2 atom stereocenters. The molecule has 0 aromatic carbocycles. The molecular formula is C12H22N2O4. The van der Waals surface area contributed by atoms with Gasteiger partial charge in [-0.3, -0.25) is 4.79 Å². The number of aliphatic carboxylic acids is 1. The first kappa shape index (κ1) is 14.8. The number of hydrogen-bond donors (Lipinski definition) is 2. The number of carbonyl (C=O) groups is 2. The molecule has 0 heterocycles. The van der Waals surface area contributed by atoms with Crippen LogP contribution in [0.25, 0.3) is 0 Å². The Morgan fingerprint density at radius 3 is 2.67 bits per heavy atom. The minimum atomic E-state index is -0.986. The van der Waals surface area contributed by atoms with Gasteiger partial charge in [0, 0.05) is 19.7 Å². The highest BCUT2D eigenvalue weighted by molar-refractivity contribution is 5.80. The van der Waals surface area contributed by atoms with Crippen molar-refractivity contribution in [2.75, 3.05) is 20.2 Å². The second kappa shape index (κ2) is 7.20. The van der Waals surface area contributed by atoms with E-state index in [0.717, 1.165) is 25.7 Å². The lowest BCUT2D eigenvalue weighted by Gasteiger charge is -2.23. The number of carboxylic acids is 1. The van der Waals surface area contributed by atoms with Crippen molar-refractivity contribution in [3.8, 4) is 0 Å². The van der Waals surface area contributed by atoms with E-state index in [4.69, 9.17) is 9.84 Å². The largest absolute Gasteiger partial charge is 0.480 e. The van der Waals surface area contributed by atoms with Crippen LogP contribution in [-0.4, -0.2) is 54.4 Å². The normalized spacial score (nSPS) is 22.8. The van der Waals surface area contributed by atoms with Gasteiger partial charge in [0.2, 0.25) is 0 Å². The van der Waals surface area contributed by atoms with Gasteiger partial charge in [0.15, 0.2) is 0 Å². The lowest BCUT2D eigenvalue weighted by molar-refractivity contribution is -0.137. The molecular weight excluding hydrogens is 236 g/mol. The Labute approximate surface area is 107 Å². The van der Waals surface area contributed by atoms with Gasteiger partial charge in [-0.25, -0.2) is 4.79 Å². The molecule has 6 nitrogen and oxygen atoms in total. The monoisotopic (exact) mass is 258 g/mol. The summed E-state index contributed by atoms with van der Waals surface area (Å²) in [6.45, 7) is 2.12. The zero-order valence-corrected chi connectivity index (χ0v) is 11.0. The van der Waals surface area contributed by atoms with Gasteiger partial charge in [0.1, 0.15) is 6.54 Å². The van der Waals surface area contributed by atoms with Gasteiger partial charge in [-0.15, -0.1) is 0 Å². The lowest BCUT2D eigenvalue weighted by Crippen LogP contribution is -2.46. The van der Waals surface area contributed by atoms with Crippen LogP contribution in [0.3, 0.4) is 0 Å². The average Bonchev–Trinajstić information content (AvgIpc) is 2.75. The van der Waals surface area contributed by atoms with Gasteiger partial charge in [-0.1, -0.05) is 6.92 Å². The molecule has 0 aliphatic heterocycles. The average molecular weight is 258 g/mol. The summed E-state index contributed by atoms with van der Waals surface area (Å²) >= 11 is 0. The Bertz CT molecular complexity index is 296. The summed E-state index contributed by atoms with van der Waals surface area (Å²) in [5, 5.41) is 11.6. The van der Waals surface area contributed by atoms with Crippen molar-refractivity contribution in [1.82, 2.24) is 10.2 Å². The molecule has 18 heavy (non-hydrogen) atoms. The predicted molar refractivity (Wildman–Crippen MR) is 66.5 cm³/mol. The maximum absolute atomic E-state index is 11.9. The van der Waals surface area contributed by atoms with E-state index in [2.05, 4.69) is 5.32 Å². The van der Waals surface area contributed by atoms with Crippen LogP contribution >= 0.6 is 0 Å². The van der Waals surface area contributed by atoms with Crippen molar-refractivity contribution in [3.05, 3.63) is 0 Å². The molecule has 0 aromatic rings. The molecule has 1 aliphatic rings. The SMILES string of the molecule is CCCN(CC(=O)O)C(=O)NC1CCC(OC)C1. The van der Waals surface area contributed by atoms with Crippen LogP contribution in [0.4, 0.5) is 4.79 Å². The van der Waals surface area contributed by atoms with Crippen molar-refractivity contribution < 1.29 is 19.4 Å². The highest BCUT2D eigenvalue weighted by Crippen LogP contribution is 2.21. The third-order valence-corrected chi connectivity index (χ3v) is 3.15. The Hall–Kier alpha value is -1.30. The maximum atomic E-state index is 11.9. The molecule has 2 amide bonds. The summed E-state index contributed by atoms with van der Waals surface area (Å²) in [6.07, 6.45) is 3.57. The highest BCUT2D eigenvalue weighted by atomic mass is 16.5. The molecule has 0 saturated heterocycles. The third kappa shape index (κ3) is 4.52. The van der Waals surface area contributed by atoms with Crippen molar-refractivity contribution in [1.29, 1.82) is 0 Å². The molecule has 1 rings (SSSR count). The number of carboxylic acid groups (broad SMARTS) is 1. The summed E-state index contributed by atoms with van der Waals surface area (Å²) in [5.74, 6) is -0.986. The zero-order chi connectivity index (χ0) is 13.5. The predicted octanol–water partition coefficient (Wildman–Crippen LogP) is 1.06. The maximum Gasteiger partial charge on any atom is 0.323 e. The molecule has 0 spiro atoms. The number of amides is 2. The van der Waals surface area contributed by atoms with Crippen LogP contribution in [0.2, 0.25) is 0 Å². The van der Waals surface area contributed by atoms with Crippen molar-refractivity contribution in [2.24, 2.45) is 0 Å². The molecule has 0 aromatic heterocycles. The first-order valence-corrected chi connectivity index (χ1v) is 6.36. The molecule has 1 fully saturated rings. The molecule has 0 bridgehead atoms. The Morgan fingerprint density at radius 1 is 1.44 bits per heavy atom. The van der Waals surface area contributed by atoms with Crippen LogP contribution in [0, 0.1) is 0 Å². The Morgan fingerprint density at radius 2 is 2.17 bits per heavy atom. The van der Waals surface area contributed by atoms with Crippen LogP contribution < -0.4 is 5.32 Å². The number of rotatable bonds is 6. The minimum absolute atomic E-state index is 0.0931. The van der Waals surface area contributed by atoms with Crippen molar-refractivity contribution in [2.45, 2.75) is 44.8 Å². The molecule has 104 valence electrons. The van der Waals surface area contributed by atoms with Gasteiger partial charge in [-0.2, -0.15) is 0 Å². The number of nitrogens with zero attached hydrogens (tertiary/aromatic N) is 1. The molecule has 1 saturated carbocycles. The van der Waals surface area contributed by atoms with Crippen LogP contribution in [0.5, 0.6) is 0 Å². The van der Waals surface area contributed by atoms with E-state index < -0.39 is 5.97 Å². The standard InChI is InChI=1S/C12H22N2O4/c1-3-6-14(8-11(15)16)12(17)13-9-4-5-10(7-9)18-2/h9-10H,3-8H2,1-2H3,(H,13,17)(H,15,16). The summed E-state index contributed by atoms with van der Waals surface area (Å²) < 4.78 is 5.24. The number of nitrogens with one attached hydrogen (secondary N) is 1. The van der Waals surface area contributed by atoms with Gasteiger partial charge < -0.3 is 20.1 Å². The van der Waals surface area contributed by atoms with E-state index in [1.54, 1.807) is 7.11 Å². The number of methoxy groups -OCH3 is 1. The summed E-state index contributed by atoms with van der Waals surface area (Å²) in [4.78, 5) is 23.9. The smallest absolute Gasteiger partial charge is 0.323 e. The van der Waals surface area contributed by atoms with Crippen molar-refractivity contribution in [3.63, 3.8) is 0 Å². The second-order valence-electron chi connectivity index (χ2n) is 4.63. The van der Waals surface area contributed by atoms with Crippen LogP contribution in [0.1, 0.15) is 32.6 Å². The topological polar surface area (TPSA) is 78.9 Å². The molecule has 0 radical (unpaired) electrons.